The maximum atomic E-state index is 11.8. The SMILES string of the molecule is N#CCC#Cc1ccc(OC(F)(F)F)cc1. The van der Waals surface area contributed by atoms with Gasteiger partial charge in [-0.25, -0.2) is 0 Å². The zero-order chi connectivity index (χ0) is 12.0. The van der Waals surface area contributed by atoms with E-state index in [0.29, 0.717) is 5.56 Å². The summed E-state index contributed by atoms with van der Waals surface area (Å²) in [6, 6.07) is 6.96. The van der Waals surface area contributed by atoms with Crippen molar-refractivity contribution in [3.05, 3.63) is 29.8 Å². The van der Waals surface area contributed by atoms with Crippen LogP contribution in [0.15, 0.2) is 24.3 Å². The summed E-state index contributed by atoms with van der Waals surface area (Å²) in [5, 5.41) is 8.22. The maximum Gasteiger partial charge on any atom is 0.573 e. The lowest BCUT2D eigenvalue weighted by molar-refractivity contribution is -0.274. The van der Waals surface area contributed by atoms with Crippen molar-refractivity contribution in [1.29, 1.82) is 5.26 Å². The molecule has 0 saturated carbocycles. The first-order chi connectivity index (χ1) is 7.51. The van der Waals surface area contributed by atoms with E-state index in [2.05, 4.69) is 16.6 Å². The lowest BCUT2D eigenvalue weighted by atomic mass is 10.2. The van der Waals surface area contributed by atoms with Gasteiger partial charge in [0.1, 0.15) is 5.75 Å². The second-order valence-electron chi connectivity index (χ2n) is 2.71. The van der Waals surface area contributed by atoms with Gasteiger partial charge in [-0.3, -0.25) is 0 Å². The highest BCUT2D eigenvalue weighted by Crippen LogP contribution is 2.22. The highest BCUT2D eigenvalue weighted by atomic mass is 19.4. The molecule has 0 saturated heterocycles. The normalized spacial score (nSPS) is 9.88. The molecule has 0 fully saturated rings. The van der Waals surface area contributed by atoms with Crippen molar-refractivity contribution in [3.8, 4) is 23.7 Å². The van der Waals surface area contributed by atoms with Crippen molar-refractivity contribution < 1.29 is 17.9 Å². The van der Waals surface area contributed by atoms with E-state index >= 15 is 0 Å². The number of nitrogens with zero attached hydrogens (tertiary/aromatic N) is 1. The molecule has 0 bridgehead atoms. The first-order valence-electron chi connectivity index (χ1n) is 4.23. The average molecular weight is 225 g/mol. The summed E-state index contributed by atoms with van der Waals surface area (Å²) in [5.41, 5.74) is 0.532. The molecule has 0 radical (unpaired) electrons. The van der Waals surface area contributed by atoms with Crippen LogP contribution in [0.4, 0.5) is 13.2 Å². The van der Waals surface area contributed by atoms with Crippen LogP contribution in [-0.2, 0) is 0 Å². The summed E-state index contributed by atoms with van der Waals surface area (Å²) in [5.74, 6) is 4.88. The number of hydrogen-bond acceptors (Lipinski definition) is 2. The Kier molecular flexibility index (Phi) is 3.79. The Morgan fingerprint density at radius 1 is 1.19 bits per heavy atom. The smallest absolute Gasteiger partial charge is 0.406 e. The van der Waals surface area contributed by atoms with E-state index in [0.717, 1.165) is 0 Å². The molecular formula is C11H6F3NO. The molecule has 0 aliphatic carbocycles. The van der Waals surface area contributed by atoms with Crippen molar-refractivity contribution in [2.75, 3.05) is 0 Å². The molecule has 1 rings (SSSR count). The van der Waals surface area contributed by atoms with Gasteiger partial charge in [-0.15, -0.1) is 13.2 Å². The molecule has 0 amide bonds. The molecule has 0 spiro atoms. The van der Waals surface area contributed by atoms with Crippen LogP contribution in [0.25, 0.3) is 0 Å². The van der Waals surface area contributed by atoms with Gasteiger partial charge >= 0.3 is 6.36 Å². The standard InChI is InChI=1S/C11H6F3NO/c12-11(13,14)16-10-6-4-9(5-7-10)3-1-2-8-15/h4-7H,2H2. The van der Waals surface area contributed by atoms with Crippen LogP contribution in [0.5, 0.6) is 5.75 Å². The topological polar surface area (TPSA) is 33.0 Å². The lowest BCUT2D eigenvalue weighted by Gasteiger charge is -2.07. The Balaban J connectivity index is 2.70. The predicted molar refractivity (Wildman–Crippen MR) is 50.2 cm³/mol. The number of rotatable bonds is 1. The fourth-order valence-corrected chi connectivity index (χ4v) is 0.926. The third-order valence-electron chi connectivity index (χ3n) is 1.49. The summed E-state index contributed by atoms with van der Waals surface area (Å²) >= 11 is 0. The van der Waals surface area contributed by atoms with E-state index in [1.807, 2.05) is 6.07 Å². The lowest BCUT2D eigenvalue weighted by Crippen LogP contribution is -2.16. The first kappa shape index (κ1) is 11.9. The Labute approximate surface area is 90.3 Å². The van der Waals surface area contributed by atoms with Gasteiger partial charge in [-0.2, -0.15) is 5.26 Å². The molecule has 1 aromatic rings. The number of nitriles is 1. The molecule has 0 aliphatic heterocycles. The second-order valence-corrected chi connectivity index (χ2v) is 2.71. The molecule has 16 heavy (non-hydrogen) atoms. The van der Waals surface area contributed by atoms with Gasteiger partial charge in [0.15, 0.2) is 0 Å². The summed E-state index contributed by atoms with van der Waals surface area (Å²) in [4.78, 5) is 0. The number of halogens is 3. The van der Waals surface area contributed by atoms with Crippen LogP contribution in [0.2, 0.25) is 0 Å². The Morgan fingerprint density at radius 2 is 1.81 bits per heavy atom. The average Bonchev–Trinajstić information content (AvgIpc) is 2.19. The van der Waals surface area contributed by atoms with Gasteiger partial charge < -0.3 is 4.74 Å². The third-order valence-corrected chi connectivity index (χ3v) is 1.49. The van der Waals surface area contributed by atoms with Crippen molar-refractivity contribution in [2.45, 2.75) is 12.8 Å². The molecule has 0 N–H and O–H groups in total. The van der Waals surface area contributed by atoms with Gasteiger partial charge in [-0.1, -0.05) is 11.8 Å². The Hall–Kier alpha value is -2.14. The van der Waals surface area contributed by atoms with E-state index in [1.54, 1.807) is 0 Å². The second kappa shape index (κ2) is 5.09. The molecule has 0 aliphatic rings. The van der Waals surface area contributed by atoms with Gasteiger partial charge in [-0.05, 0) is 24.3 Å². The monoisotopic (exact) mass is 225 g/mol. The van der Waals surface area contributed by atoms with Crippen LogP contribution in [-0.4, -0.2) is 6.36 Å². The van der Waals surface area contributed by atoms with Crippen LogP contribution < -0.4 is 4.74 Å². The van der Waals surface area contributed by atoms with Crippen LogP contribution in [0.1, 0.15) is 12.0 Å². The number of ether oxygens (including phenoxy) is 1. The van der Waals surface area contributed by atoms with Crippen molar-refractivity contribution >= 4 is 0 Å². The Bertz CT molecular complexity index is 445. The minimum atomic E-state index is -4.69. The molecule has 0 atom stereocenters. The van der Waals surface area contributed by atoms with E-state index < -0.39 is 6.36 Å². The number of benzene rings is 1. The van der Waals surface area contributed by atoms with Crippen molar-refractivity contribution in [1.82, 2.24) is 0 Å². The zero-order valence-electron chi connectivity index (χ0n) is 8.01. The summed E-state index contributed by atoms with van der Waals surface area (Å²) in [6.45, 7) is 0. The summed E-state index contributed by atoms with van der Waals surface area (Å²) < 4.78 is 39.1. The van der Waals surface area contributed by atoms with Crippen LogP contribution >= 0.6 is 0 Å². The molecule has 0 aromatic heterocycles. The van der Waals surface area contributed by atoms with Crippen molar-refractivity contribution in [2.24, 2.45) is 0 Å². The maximum absolute atomic E-state index is 11.8. The van der Waals surface area contributed by atoms with E-state index in [9.17, 15) is 13.2 Å². The third kappa shape index (κ3) is 4.39. The Morgan fingerprint density at radius 3 is 2.31 bits per heavy atom. The predicted octanol–water partition coefficient (Wildman–Crippen LogP) is 2.85. The van der Waals surface area contributed by atoms with E-state index in [-0.39, 0.29) is 12.2 Å². The number of hydrogen-bond donors (Lipinski definition) is 0. The highest BCUT2D eigenvalue weighted by Gasteiger charge is 2.30. The number of alkyl halides is 3. The largest absolute Gasteiger partial charge is 0.573 e. The molecule has 0 heterocycles. The van der Waals surface area contributed by atoms with E-state index in [1.165, 1.54) is 24.3 Å². The van der Waals surface area contributed by atoms with Gasteiger partial charge in [0, 0.05) is 5.56 Å². The fraction of sp³-hybridized carbons (Fsp3) is 0.182. The highest BCUT2D eigenvalue weighted by molar-refractivity contribution is 5.38. The molecule has 0 unspecified atom stereocenters. The minimum absolute atomic E-state index is 0.0841. The summed E-state index contributed by atoms with van der Waals surface area (Å²) in [7, 11) is 0. The van der Waals surface area contributed by atoms with Crippen LogP contribution in [0.3, 0.4) is 0 Å². The van der Waals surface area contributed by atoms with Gasteiger partial charge in [0.25, 0.3) is 0 Å². The molecular weight excluding hydrogens is 219 g/mol. The molecule has 2 nitrogen and oxygen atoms in total. The first-order valence-corrected chi connectivity index (χ1v) is 4.23. The zero-order valence-corrected chi connectivity index (χ0v) is 8.01. The van der Waals surface area contributed by atoms with Crippen molar-refractivity contribution in [3.63, 3.8) is 0 Å². The fourth-order valence-electron chi connectivity index (χ4n) is 0.926. The quantitative estimate of drug-likeness (QED) is 0.688. The molecule has 1 aromatic carbocycles. The minimum Gasteiger partial charge on any atom is -0.406 e. The van der Waals surface area contributed by atoms with E-state index in [4.69, 9.17) is 5.26 Å². The van der Waals surface area contributed by atoms with Gasteiger partial charge in [0.05, 0.1) is 12.5 Å². The molecule has 82 valence electrons. The van der Waals surface area contributed by atoms with Crippen LogP contribution in [0, 0.1) is 23.2 Å². The van der Waals surface area contributed by atoms with Gasteiger partial charge in [0.2, 0.25) is 0 Å². The summed E-state index contributed by atoms with van der Waals surface area (Å²) in [6.07, 6.45) is -4.60. The molecule has 5 heteroatoms.